The first kappa shape index (κ1) is 21.0. The lowest BCUT2D eigenvalue weighted by Crippen LogP contribution is -2.29. The van der Waals surface area contributed by atoms with E-state index in [2.05, 4.69) is 30.6 Å². The van der Waals surface area contributed by atoms with Crippen molar-refractivity contribution in [3.63, 3.8) is 0 Å². The van der Waals surface area contributed by atoms with Crippen molar-refractivity contribution >= 4 is 23.2 Å². The van der Waals surface area contributed by atoms with Crippen LogP contribution in [0.4, 0.5) is 20.4 Å². The fraction of sp³-hybridized carbons (Fsp3) is 0.450. The minimum Gasteiger partial charge on any atom is -0.355 e. The first-order valence-corrected chi connectivity index (χ1v) is 10.1. The molecule has 3 aromatic rings. The molecule has 31 heavy (non-hydrogen) atoms. The Bertz CT molecular complexity index is 1070. The molecule has 1 aliphatic rings. The van der Waals surface area contributed by atoms with Crippen LogP contribution in [0.1, 0.15) is 28.3 Å². The second-order valence-electron chi connectivity index (χ2n) is 7.69. The van der Waals surface area contributed by atoms with Crippen LogP contribution in [0.25, 0.3) is 5.65 Å². The second kappa shape index (κ2) is 8.88. The molecule has 1 saturated heterocycles. The van der Waals surface area contributed by atoms with Crippen LogP contribution in [0, 0.1) is 19.8 Å². The number of fused-ring (bicyclic) bond motifs is 1. The molecular weight excluding hydrogens is 406 g/mol. The highest BCUT2D eigenvalue weighted by Crippen LogP contribution is 2.21. The Morgan fingerprint density at radius 1 is 1.23 bits per heavy atom. The van der Waals surface area contributed by atoms with Crippen molar-refractivity contribution in [3.05, 3.63) is 41.9 Å². The Kier molecular flexibility index (Phi) is 6.03. The van der Waals surface area contributed by atoms with Crippen LogP contribution >= 0.6 is 0 Å². The van der Waals surface area contributed by atoms with Crippen molar-refractivity contribution in [2.45, 2.75) is 26.7 Å². The molecule has 2 N–H and O–H groups in total. The van der Waals surface area contributed by atoms with Gasteiger partial charge in [0.1, 0.15) is 17.3 Å². The summed E-state index contributed by atoms with van der Waals surface area (Å²) in [5.41, 5.74) is 2.50. The van der Waals surface area contributed by atoms with Crippen molar-refractivity contribution in [2.24, 2.45) is 5.92 Å². The first-order valence-electron chi connectivity index (χ1n) is 10.1. The van der Waals surface area contributed by atoms with Crippen molar-refractivity contribution < 1.29 is 13.6 Å². The number of nitrogens with one attached hydrogen (secondary N) is 2. The molecule has 0 unspecified atom stereocenters. The number of carbonyl (C=O) groups excluding carboxylic acids is 1. The quantitative estimate of drug-likeness (QED) is 0.592. The number of hydrogen-bond donors (Lipinski definition) is 2. The molecule has 0 spiro atoms. The Labute approximate surface area is 177 Å². The van der Waals surface area contributed by atoms with Crippen LogP contribution in [0.5, 0.6) is 0 Å². The normalized spacial score (nSPS) is 16.4. The van der Waals surface area contributed by atoms with E-state index >= 15 is 0 Å². The fourth-order valence-corrected chi connectivity index (χ4v) is 3.72. The van der Waals surface area contributed by atoms with Gasteiger partial charge in [0.2, 0.25) is 0 Å². The van der Waals surface area contributed by atoms with E-state index in [1.165, 1.54) is 6.20 Å². The van der Waals surface area contributed by atoms with Gasteiger partial charge in [-0.15, -0.1) is 0 Å². The molecule has 0 radical (unpaired) electrons. The zero-order valence-corrected chi connectivity index (χ0v) is 17.3. The number of aromatic nitrogens is 5. The number of alkyl halides is 2. The van der Waals surface area contributed by atoms with E-state index in [0.717, 1.165) is 24.3 Å². The summed E-state index contributed by atoms with van der Waals surface area (Å²) in [5.74, 6) is 0.936. The minimum absolute atomic E-state index is 0.180. The van der Waals surface area contributed by atoms with E-state index in [1.807, 2.05) is 29.3 Å². The van der Waals surface area contributed by atoms with Gasteiger partial charge in [0.25, 0.3) is 12.3 Å². The van der Waals surface area contributed by atoms with Crippen molar-refractivity contribution in [1.82, 2.24) is 29.7 Å². The Morgan fingerprint density at radius 3 is 2.81 bits per heavy atom. The van der Waals surface area contributed by atoms with E-state index in [4.69, 9.17) is 0 Å². The van der Waals surface area contributed by atoms with Crippen molar-refractivity contribution in [1.29, 1.82) is 0 Å². The summed E-state index contributed by atoms with van der Waals surface area (Å²) in [6, 6.07) is 0. The molecule has 0 saturated carbocycles. The van der Waals surface area contributed by atoms with Crippen LogP contribution in [-0.4, -0.2) is 62.8 Å². The average Bonchev–Trinajstić information content (AvgIpc) is 3.34. The monoisotopic (exact) mass is 430 g/mol. The molecule has 164 valence electrons. The number of amides is 1. The molecule has 3 aromatic heterocycles. The van der Waals surface area contributed by atoms with E-state index in [-0.39, 0.29) is 18.2 Å². The number of anilines is 2. The third-order valence-corrected chi connectivity index (χ3v) is 5.18. The van der Waals surface area contributed by atoms with Crippen LogP contribution in [0.2, 0.25) is 0 Å². The van der Waals surface area contributed by atoms with E-state index < -0.39 is 12.3 Å². The van der Waals surface area contributed by atoms with Gasteiger partial charge < -0.3 is 19.9 Å². The molecule has 1 fully saturated rings. The molecule has 9 nitrogen and oxygen atoms in total. The van der Waals surface area contributed by atoms with Gasteiger partial charge in [-0.1, -0.05) is 0 Å². The third kappa shape index (κ3) is 4.93. The molecular formula is C20H24F2N8O. The molecule has 4 rings (SSSR count). The zero-order valence-electron chi connectivity index (χ0n) is 17.3. The number of halogens is 2. The minimum atomic E-state index is -2.34. The number of hydrogen-bond acceptors (Lipinski definition) is 7. The molecule has 1 amide bonds. The summed E-state index contributed by atoms with van der Waals surface area (Å²) in [6.07, 6.45) is 5.11. The lowest BCUT2D eigenvalue weighted by Gasteiger charge is -2.17. The molecule has 4 heterocycles. The predicted octanol–water partition coefficient (Wildman–Crippen LogP) is 2.07. The maximum atomic E-state index is 12.6. The van der Waals surface area contributed by atoms with E-state index in [0.29, 0.717) is 30.4 Å². The highest BCUT2D eigenvalue weighted by atomic mass is 19.3. The first-order chi connectivity index (χ1) is 14.9. The lowest BCUT2D eigenvalue weighted by molar-refractivity contribution is 0.102. The molecule has 1 aliphatic heterocycles. The average molecular weight is 430 g/mol. The highest BCUT2D eigenvalue weighted by Gasteiger charge is 2.24. The van der Waals surface area contributed by atoms with E-state index in [1.54, 1.807) is 12.4 Å². The number of carbonyl (C=O) groups is 1. The number of nitrogens with zero attached hydrogens (tertiary/aromatic N) is 6. The SMILES string of the molecule is Cc1cn2cc(NC(=O)c3cnc(N4CC[C@@H](CNCC(F)F)C4)cn3)nc(C)c2n1. The summed E-state index contributed by atoms with van der Waals surface area (Å²) < 4.78 is 26.3. The zero-order chi connectivity index (χ0) is 22.0. The topological polar surface area (TPSA) is 100 Å². The lowest BCUT2D eigenvalue weighted by atomic mass is 10.1. The standard InChI is InChI=1S/C20H24F2N8O/c1-12-9-30-11-17(27-13(2)19(30)26-12)28-20(31)15-6-25-18(8-24-15)29-4-3-14(10-29)5-23-7-16(21)22/h6,8-9,11,14,16,23H,3-5,7,10H2,1-2H3,(H,28,31)/t14-/m0/s1. The highest BCUT2D eigenvalue weighted by molar-refractivity contribution is 6.02. The van der Waals surface area contributed by atoms with Crippen LogP contribution in [-0.2, 0) is 0 Å². The van der Waals surface area contributed by atoms with Crippen LogP contribution in [0.15, 0.2) is 24.8 Å². The maximum Gasteiger partial charge on any atom is 0.277 e. The fourth-order valence-electron chi connectivity index (χ4n) is 3.72. The predicted molar refractivity (Wildman–Crippen MR) is 112 cm³/mol. The van der Waals surface area contributed by atoms with Gasteiger partial charge in [-0.05, 0) is 32.7 Å². The Morgan fingerprint density at radius 2 is 2.06 bits per heavy atom. The van der Waals surface area contributed by atoms with Crippen molar-refractivity contribution in [3.8, 4) is 0 Å². The van der Waals surface area contributed by atoms with Gasteiger partial charge in [0, 0.05) is 19.3 Å². The largest absolute Gasteiger partial charge is 0.355 e. The summed E-state index contributed by atoms with van der Waals surface area (Å²) in [6.45, 7) is 5.46. The maximum absolute atomic E-state index is 12.6. The number of aryl methyl sites for hydroxylation is 2. The van der Waals surface area contributed by atoms with E-state index in [9.17, 15) is 13.6 Å². The third-order valence-electron chi connectivity index (χ3n) is 5.18. The van der Waals surface area contributed by atoms with Crippen molar-refractivity contribution in [2.75, 3.05) is 36.4 Å². The molecule has 0 bridgehead atoms. The van der Waals surface area contributed by atoms with Gasteiger partial charge >= 0.3 is 0 Å². The van der Waals surface area contributed by atoms with Crippen LogP contribution in [0.3, 0.4) is 0 Å². The smallest absolute Gasteiger partial charge is 0.277 e. The number of rotatable bonds is 7. The Hall–Kier alpha value is -3.21. The van der Waals surface area contributed by atoms with Gasteiger partial charge in [-0.3, -0.25) is 4.79 Å². The summed E-state index contributed by atoms with van der Waals surface area (Å²) in [7, 11) is 0. The van der Waals surface area contributed by atoms with Gasteiger partial charge in [0.15, 0.2) is 5.65 Å². The molecule has 0 aliphatic carbocycles. The number of imidazole rings is 1. The summed E-state index contributed by atoms with van der Waals surface area (Å²) in [4.78, 5) is 32.0. The summed E-state index contributed by atoms with van der Waals surface area (Å²) >= 11 is 0. The Balaban J connectivity index is 1.36. The van der Waals surface area contributed by atoms with Gasteiger partial charge in [-0.25, -0.2) is 28.7 Å². The molecule has 1 atom stereocenters. The van der Waals surface area contributed by atoms with Crippen LogP contribution < -0.4 is 15.5 Å². The summed E-state index contributed by atoms with van der Waals surface area (Å²) in [5, 5.41) is 5.53. The molecule has 11 heteroatoms. The van der Waals surface area contributed by atoms with Gasteiger partial charge in [0.05, 0.1) is 36.5 Å². The van der Waals surface area contributed by atoms with Gasteiger partial charge in [-0.2, -0.15) is 0 Å². The second-order valence-corrected chi connectivity index (χ2v) is 7.69. The molecule has 0 aromatic carbocycles.